The third kappa shape index (κ3) is 5.58. The predicted molar refractivity (Wildman–Crippen MR) is 126 cm³/mol. The SMILES string of the molecule is CNC(C)C(=O)NC(C(=O)N1CCC2C1C(Oc1ccc(F)c(F)c1)=CN2S(C)(=O)=O)C(C)(C)C. The molecule has 1 saturated heterocycles. The van der Waals surface area contributed by atoms with Crippen LogP contribution in [0.1, 0.15) is 34.1 Å². The first kappa shape index (κ1) is 26.9. The van der Waals surface area contributed by atoms with Gasteiger partial charge in [-0.05, 0) is 37.9 Å². The summed E-state index contributed by atoms with van der Waals surface area (Å²) >= 11 is 0. The molecule has 4 unspecified atom stereocenters. The normalized spacial score (nSPS) is 21.9. The van der Waals surface area contributed by atoms with Crippen molar-refractivity contribution in [1.82, 2.24) is 19.8 Å². The number of rotatable bonds is 7. The minimum atomic E-state index is -3.70. The average Bonchev–Trinajstić information content (AvgIpc) is 3.33. The molecule has 0 radical (unpaired) electrons. The van der Waals surface area contributed by atoms with Gasteiger partial charge in [-0.25, -0.2) is 17.2 Å². The summed E-state index contributed by atoms with van der Waals surface area (Å²) in [6.07, 6.45) is 2.66. The fourth-order valence-electron chi connectivity index (χ4n) is 4.25. The van der Waals surface area contributed by atoms with Gasteiger partial charge in [0.1, 0.15) is 23.6 Å². The summed E-state index contributed by atoms with van der Waals surface area (Å²) in [6.45, 7) is 7.35. The monoisotopic (exact) mass is 514 g/mol. The van der Waals surface area contributed by atoms with E-state index in [9.17, 15) is 26.8 Å². The third-order valence-electron chi connectivity index (χ3n) is 6.26. The molecule has 1 aromatic rings. The summed E-state index contributed by atoms with van der Waals surface area (Å²) in [5.74, 6) is -2.84. The zero-order valence-electron chi connectivity index (χ0n) is 20.6. The van der Waals surface area contributed by atoms with E-state index >= 15 is 0 Å². The van der Waals surface area contributed by atoms with Crippen molar-refractivity contribution in [2.24, 2.45) is 5.41 Å². The minimum absolute atomic E-state index is 0.0351. The molecular weight excluding hydrogens is 482 g/mol. The van der Waals surface area contributed by atoms with Gasteiger partial charge < -0.3 is 20.3 Å². The molecule has 0 aliphatic carbocycles. The Morgan fingerprint density at radius 2 is 1.86 bits per heavy atom. The summed E-state index contributed by atoms with van der Waals surface area (Å²) < 4.78 is 58.9. The number of hydrogen-bond acceptors (Lipinski definition) is 6. The second kappa shape index (κ2) is 9.73. The van der Waals surface area contributed by atoms with Crippen molar-refractivity contribution in [1.29, 1.82) is 0 Å². The molecule has 0 saturated carbocycles. The molecule has 2 N–H and O–H groups in total. The first-order valence-electron chi connectivity index (χ1n) is 11.3. The molecule has 9 nitrogen and oxygen atoms in total. The van der Waals surface area contributed by atoms with E-state index in [1.165, 1.54) is 17.2 Å². The molecule has 0 spiro atoms. The number of nitrogens with zero attached hydrogens (tertiary/aromatic N) is 2. The van der Waals surface area contributed by atoms with Crippen LogP contribution in [0.25, 0.3) is 0 Å². The number of nitrogens with one attached hydrogen (secondary N) is 2. The van der Waals surface area contributed by atoms with Gasteiger partial charge in [0.15, 0.2) is 11.6 Å². The van der Waals surface area contributed by atoms with Gasteiger partial charge in [-0.2, -0.15) is 0 Å². The quantitative estimate of drug-likeness (QED) is 0.572. The number of ether oxygens (including phenoxy) is 1. The number of fused-ring (bicyclic) bond motifs is 1. The Bertz CT molecular complexity index is 1140. The van der Waals surface area contributed by atoms with Gasteiger partial charge >= 0.3 is 0 Å². The molecule has 2 aliphatic rings. The minimum Gasteiger partial charge on any atom is -0.458 e. The van der Waals surface area contributed by atoms with Crippen LogP contribution in [0.5, 0.6) is 5.75 Å². The predicted octanol–water partition coefficient (Wildman–Crippen LogP) is 1.57. The van der Waals surface area contributed by atoms with Gasteiger partial charge in [0.25, 0.3) is 0 Å². The van der Waals surface area contributed by atoms with Gasteiger partial charge in [-0.1, -0.05) is 20.8 Å². The molecule has 0 bridgehead atoms. The molecule has 2 amide bonds. The van der Waals surface area contributed by atoms with E-state index in [2.05, 4.69) is 10.6 Å². The van der Waals surface area contributed by atoms with Crippen LogP contribution in [-0.4, -0.2) is 73.5 Å². The molecule has 3 rings (SSSR count). The number of likely N-dealkylation sites (N-methyl/N-ethyl adjacent to an activating group) is 1. The maximum Gasteiger partial charge on any atom is 0.246 e. The van der Waals surface area contributed by atoms with Crippen LogP contribution in [0, 0.1) is 17.0 Å². The van der Waals surface area contributed by atoms with E-state index in [-0.39, 0.29) is 24.0 Å². The highest BCUT2D eigenvalue weighted by molar-refractivity contribution is 7.88. The smallest absolute Gasteiger partial charge is 0.246 e. The molecule has 2 heterocycles. The number of benzene rings is 1. The molecule has 2 aliphatic heterocycles. The molecule has 4 atom stereocenters. The molecule has 194 valence electrons. The second-order valence-corrected chi connectivity index (χ2v) is 11.8. The molecule has 1 fully saturated rings. The van der Waals surface area contributed by atoms with Crippen molar-refractivity contribution in [3.63, 3.8) is 0 Å². The highest BCUT2D eigenvalue weighted by atomic mass is 32.2. The number of sulfonamides is 1. The third-order valence-corrected chi connectivity index (χ3v) is 7.40. The average molecular weight is 515 g/mol. The standard InChI is InChI=1S/C23H32F2N4O5S/c1-13(26-5)21(30)27-20(23(2,3)4)22(31)28-10-9-17-19(28)18(12-29(17)35(6,32)33)34-14-7-8-15(24)16(25)11-14/h7-8,11-13,17,19-20,26H,9-10H2,1-6H3,(H,27,30). The summed E-state index contributed by atoms with van der Waals surface area (Å²) in [6, 6.07) is 0.121. The summed E-state index contributed by atoms with van der Waals surface area (Å²) in [7, 11) is -2.07. The Balaban J connectivity index is 1.95. The summed E-state index contributed by atoms with van der Waals surface area (Å²) in [5, 5.41) is 5.64. The van der Waals surface area contributed by atoms with E-state index < -0.39 is 57.1 Å². The number of hydrogen-bond donors (Lipinski definition) is 2. The van der Waals surface area contributed by atoms with Crippen LogP contribution in [-0.2, 0) is 19.6 Å². The van der Waals surface area contributed by atoms with Gasteiger partial charge in [0.2, 0.25) is 21.8 Å². The van der Waals surface area contributed by atoms with Crippen molar-refractivity contribution < 1.29 is 31.5 Å². The van der Waals surface area contributed by atoms with Gasteiger partial charge in [-0.3, -0.25) is 13.9 Å². The van der Waals surface area contributed by atoms with Crippen molar-refractivity contribution in [2.45, 2.75) is 58.3 Å². The Kier molecular flexibility index (Phi) is 7.47. The largest absolute Gasteiger partial charge is 0.458 e. The Morgan fingerprint density at radius 3 is 2.40 bits per heavy atom. The zero-order valence-corrected chi connectivity index (χ0v) is 21.4. The fourth-order valence-corrected chi connectivity index (χ4v) is 5.26. The molecular formula is C23H32F2N4O5S. The van der Waals surface area contributed by atoms with Crippen LogP contribution in [0.3, 0.4) is 0 Å². The van der Waals surface area contributed by atoms with Crippen molar-refractivity contribution in [2.75, 3.05) is 19.8 Å². The number of amides is 2. The Morgan fingerprint density at radius 1 is 1.20 bits per heavy atom. The summed E-state index contributed by atoms with van der Waals surface area (Å²) in [5.41, 5.74) is -0.655. The highest BCUT2D eigenvalue weighted by Crippen LogP contribution is 2.38. The van der Waals surface area contributed by atoms with Crippen LogP contribution in [0.2, 0.25) is 0 Å². The Hall–Kier alpha value is -2.73. The van der Waals surface area contributed by atoms with Crippen LogP contribution in [0.15, 0.2) is 30.2 Å². The molecule has 1 aromatic carbocycles. The molecule has 0 aromatic heterocycles. The maximum absolute atomic E-state index is 13.8. The maximum atomic E-state index is 13.8. The van der Waals surface area contributed by atoms with Crippen LogP contribution >= 0.6 is 0 Å². The van der Waals surface area contributed by atoms with E-state index in [0.29, 0.717) is 6.42 Å². The lowest BCUT2D eigenvalue weighted by Crippen LogP contribution is -2.59. The van der Waals surface area contributed by atoms with E-state index in [0.717, 1.165) is 22.7 Å². The van der Waals surface area contributed by atoms with Crippen LogP contribution in [0.4, 0.5) is 8.78 Å². The van der Waals surface area contributed by atoms with Gasteiger partial charge in [0.05, 0.1) is 24.5 Å². The van der Waals surface area contributed by atoms with Gasteiger partial charge in [0, 0.05) is 12.6 Å². The number of halogens is 2. The summed E-state index contributed by atoms with van der Waals surface area (Å²) in [4.78, 5) is 27.8. The van der Waals surface area contributed by atoms with Crippen molar-refractivity contribution in [3.8, 4) is 5.75 Å². The van der Waals surface area contributed by atoms with Gasteiger partial charge in [-0.15, -0.1) is 0 Å². The first-order valence-corrected chi connectivity index (χ1v) is 13.1. The van der Waals surface area contributed by atoms with E-state index in [1.807, 2.05) is 20.8 Å². The number of carbonyl (C=O) groups excluding carboxylic acids is 2. The van der Waals surface area contributed by atoms with E-state index in [1.54, 1.807) is 14.0 Å². The highest BCUT2D eigenvalue weighted by Gasteiger charge is 2.52. The van der Waals surface area contributed by atoms with Crippen LogP contribution < -0.4 is 15.4 Å². The number of carbonyl (C=O) groups is 2. The molecule has 35 heavy (non-hydrogen) atoms. The molecule has 12 heteroatoms. The lowest BCUT2D eigenvalue weighted by molar-refractivity contribution is -0.140. The van der Waals surface area contributed by atoms with E-state index in [4.69, 9.17) is 4.74 Å². The first-order chi connectivity index (χ1) is 16.1. The Labute approximate surface area is 204 Å². The topological polar surface area (TPSA) is 108 Å². The lowest BCUT2D eigenvalue weighted by Gasteiger charge is -2.36. The number of likely N-dealkylation sites (tertiary alicyclic amines) is 1. The zero-order chi connectivity index (χ0) is 26.3. The lowest BCUT2D eigenvalue weighted by atomic mass is 9.85. The fraction of sp³-hybridized carbons (Fsp3) is 0.565. The van der Waals surface area contributed by atoms with Crippen molar-refractivity contribution in [3.05, 3.63) is 41.8 Å². The second-order valence-electron chi connectivity index (χ2n) is 9.95. The van der Waals surface area contributed by atoms with Crippen molar-refractivity contribution >= 4 is 21.8 Å².